The highest BCUT2D eigenvalue weighted by atomic mass is 16.5. The highest BCUT2D eigenvalue weighted by Gasteiger charge is 2.01. The first-order valence-corrected chi connectivity index (χ1v) is 5.05. The highest BCUT2D eigenvalue weighted by molar-refractivity contribution is 5.13. The van der Waals surface area contributed by atoms with E-state index >= 15 is 0 Å². The standard InChI is InChI=1S/C9H11N3O.C2H6/c1-7(2)9-11-5-8(6-12-9)13-4-3-10;1-2/h5-7H,4H2,1-2H3;1-2H3. The van der Waals surface area contributed by atoms with Crippen LogP contribution in [0.25, 0.3) is 0 Å². The lowest BCUT2D eigenvalue weighted by Gasteiger charge is -2.03. The normalized spacial score (nSPS) is 8.80. The van der Waals surface area contributed by atoms with Crippen molar-refractivity contribution in [2.24, 2.45) is 0 Å². The van der Waals surface area contributed by atoms with Gasteiger partial charge in [0.2, 0.25) is 0 Å². The molecule has 0 radical (unpaired) electrons. The summed E-state index contributed by atoms with van der Waals surface area (Å²) >= 11 is 0. The fraction of sp³-hybridized carbons (Fsp3) is 0.545. The van der Waals surface area contributed by atoms with E-state index < -0.39 is 0 Å². The van der Waals surface area contributed by atoms with Gasteiger partial charge in [-0.1, -0.05) is 27.7 Å². The van der Waals surface area contributed by atoms with Crippen LogP contribution in [0.1, 0.15) is 39.4 Å². The molecule has 1 heterocycles. The molecule has 0 unspecified atom stereocenters. The Morgan fingerprint density at radius 2 is 1.87 bits per heavy atom. The third-order valence-corrected chi connectivity index (χ3v) is 1.47. The molecule has 15 heavy (non-hydrogen) atoms. The maximum atomic E-state index is 8.25. The van der Waals surface area contributed by atoms with Gasteiger partial charge in [-0.2, -0.15) is 5.26 Å². The van der Waals surface area contributed by atoms with Crippen LogP contribution in [0.15, 0.2) is 12.4 Å². The third kappa shape index (κ3) is 4.96. The van der Waals surface area contributed by atoms with Gasteiger partial charge >= 0.3 is 0 Å². The second-order valence-electron chi connectivity index (χ2n) is 2.88. The van der Waals surface area contributed by atoms with Crippen molar-refractivity contribution in [1.82, 2.24) is 9.97 Å². The molecule has 0 N–H and O–H groups in total. The number of hydrogen-bond donors (Lipinski definition) is 0. The lowest BCUT2D eigenvalue weighted by molar-refractivity contribution is 0.364. The Hall–Kier alpha value is -1.63. The first-order chi connectivity index (χ1) is 7.24. The zero-order valence-electron chi connectivity index (χ0n) is 9.69. The van der Waals surface area contributed by atoms with Crippen LogP contribution in [0.2, 0.25) is 0 Å². The highest BCUT2D eigenvalue weighted by Crippen LogP contribution is 2.11. The molecule has 0 aliphatic heterocycles. The zero-order chi connectivity index (χ0) is 11.7. The van der Waals surface area contributed by atoms with Gasteiger partial charge in [-0.05, 0) is 0 Å². The molecule has 82 valence electrons. The number of nitrogens with zero attached hydrogens (tertiary/aromatic N) is 3. The van der Waals surface area contributed by atoms with E-state index in [0.717, 1.165) is 5.82 Å². The monoisotopic (exact) mass is 207 g/mol. The second-order valence-corrected chi connectivity index (χ2v) is 2.88. The quantitative estimate of drug-likeness (QED) is 0.764. The van der Waals surface area contributed by atoms with Crippen LogP contribution in [0.3, 0.4) is 0 Å². The molecule has 4 heteroatoms. The summed E-state index contributed by atoms with van der Waals surface area (Å²) in [6.07, 6.45) is 3.17. The fourth-order valence-electron chi connectivity index (χ4n) is 0.814. The predicted molar refractivity (Wildman–Crippen MR) is 58.6 cm³/mol. The average Bonchev–Trinajstić information content (AvgIpc) is 2.29. The van der Waals surface area contributed by atoms with Crippen molar-refractivity contribution in [2.75, 3.05) is 6.61 Å². The van der Waals surface area contributed by atoms with Crippen molar-refractivity contribution < 1.29 is 4.74 Å². The topological polar surface area (TPSA) is 58.8 Å². The number of rotatable bonds is 3. The average molecular weight is 207 g/mol. The summed E-state index contributed by atoms with van der Waals surface area (Å²) in [5.74, 6) is 1.63. The molecule has 0 atom stereocenters. The van der Waals surface area contributed by atoms with Gasteiger partial charge in [-0.3, -0.25) is 0 Å². The van der Waals surface area contributed by atoms with E-state index in [1.54, 1.807) is 12.4 Å². The summed E-state index contributed by atoms with van der Waals surface area (Å²) in [4.78, 5) is 8.17. The van der Waals surface area contributed by atoms with Crippen LogP contribution in [0.5, 0.6) is 5.75 Å². The van der Waals surface area contributed by atoms with Crippen LogP contribution < -0.4 is 4.74 Å². The predicted octanol–water partition coefficient (Wildman–Crippen LogP) is 2.53. The molecule has 0 saturated carbocycles. The van der Waals surface area contributed by atoms with Gasteiger partial charge in [0.05, 0.1) is 12.4 Å². The molecule has 0 spiro atoms. The SMILES string of the molecule is CC.CC(C)c1ncc(OCC#N)cn1. The maximum Gasteiger partial charge on any atom is 0.174 e. The summed E-state index contributed by atoms with van der Waals surface area (Å²) in [6.45, 7) is 8.07. The molecule has 0 fully saturated rings. The van der Waals surface area contributed by atoms with Crippen molar-refractivity contribution in [2.45, 2.75) is 33.6 Å². The van der Waals surface area contributed by atoms with Crippen LogP contribution in [-0.4, -0.2) is 16.6 Å². The van der Waals surface area contributed by atoms with E-state index in [4.69, 9.17) is 10.00 Å². The molecule has 0 saturated heterocycles. The Balaban J connectivity index is 0.000000921. The molecule has 0 aliphatic rings. The van der Waals surface area contributed by atoms with Crippen LogP contribution in [-0.2, 0) is 0 Å². The Kier molecular flexibility index (Phi) is 6.90. The largest absolute Gasteiger partial charge is 0.476 e. The number of aromatic nitrogens is 2. The Morgan fingerprint density at radius 3 is 2.27 bits per heavy atom. The molecule has 1 aromatic rings. The molecular weight excluding hydrogens is 190 g/mol. The lowest BCUT2D eigenvalue weighted by atomic mass is 10.2. The first kappa shape index (κ1) is 13.4. The van der Waals surface area contributed by atoms with Crippen molar-refractivity contribution in [1.29, 1.82) is 5.26 Å². The number of hydrogen-bond acceptors (Lipinski definition) is 4. The number of nitriles is 1. The van der Waals surface area contributed by atoms with Crippen LogP contribution >= 0.6 is 0 Å². The van der Waals surface area contributed by atoms with Gasteiger partial charge in [0.25, 0.3) is 0 Å². The first-order valence-electron chi connectivity index (χ1n) is 5.05. The van der Waals surface area contributed by atoms with Gasteiger partial charge in [-0.25, -0.2) is 9.97 Å². The summed E-state index contributed by atoms with van der Waals surface area (Å²) < 4.78 is 5.00. The van der Waals surface area contributed by atoms with Crippen molar-refractivity contribution in [3.63, 3.8) is 0 Å². The molecule has 4 nitrogen and oxygen atoms in total. The van der Waals surface area contributed by atoms with Gasteiger partial charge in [-0.15, -0.1) is 0 Å². The molecule has 1 aromatic heterocycles. The second kappa shape index (κ2) is 7.74. The molecule has 1 rings (SSSR count). The molecular formula is C11H17N3O. The van der Waals surface area contributed by atoms with Gasteiger partial charge in [0, 0.05) is 5.92 Å². The molecule has 0 amide bonds. The Labute approximate surface area is 90.9 Å². The van der Waals surface area contributed by atoms with E-state index in [9.17, 15) is 0 Å². The molecule has 0 aromatic carbocycles. The van der Waals surface area contributed by atoms with Gasteiger partial charge in [0.1, 0.15) is 11.9 Å². The van der Waals surface area contributed by atoms with Crippen molar-refractivity contribution in [3.8, 4) is 11.8 Å². The lowest BCUT2D eigenvalue weighted by Crippen LogP contribution is -1.99. The van der Waals surface area contributed by atoms with Crippen LogP contribution in [0.4, 0.5) is 0 Å². The third-order valence-electron chi connectivity index (χ3n) is 1.47. The number of ether oxygens (including phenoxy) is 1. The van der Waals surface area contributed by atoms with E-state index in [1.165, 1.54) is 0 Å². The van der Waals surface area contributed by atoms with Gasteiger partial charge in [0.15, 0.2) is 12.4 Å². The Morgan fingerprint density at radius 1 is 1.33 bits per heavy atom. The van der Waals surface area contributed by atoms with E-state index in [2.05, 4.69) is 9.97 Å². The van der Waals surface area contributed by atoms with E-state index in [-0.39, 0.29) is 6.61 Å². The minimum atomic E-state index is 0.0321. The van der Waals surface area contributed by atoms with E-state index in [1.807, 2.05) is 33.8 Å². The van der Waals surface area contributed by atoms with Crippen molar-refractivity contribution in [3.05, 3.63) is 18.2 Å². The summed E-state index contributed by atoms with van der Waals surface area (Å²) in [7, 11) is 0. The molecule has 0 aliphatic carbocycles. The summed E-state index contributed by atoms with van der Waals surface area (Å²) in [5.41, 5.74) is 0. The van der Waals surface area contributed by atoms with E-state index in [0.29, 0.717) is 11.7 Å². The minimum Gasteiger partial charge on any atom is -0.476 e. The zero-order valence-corrected chi connectivity index (χ0v) is 9.69. The fourth-order valence-corrected chi connectivity index (χ4v) is 0.814. The summed E-state index contributed by atoms with van der Waals surface area (Å²) in [5, 5.41) is 8.25. The van der Waals surface area contributed by atoms with Gasteiger partial charge < -0.3 is 4.74 Å². The Bertz CT molecular complexity index is 301. The smallest absolute Gasteiger partial charge is 0.174 e. The summed E-state index contributed by atoms with van der Waals surface area (Å²) in [6, 6.07) is 1.88. The molecule has 0 bridgehead atoms. The van der Waals surface area contributed by atoms with Crippen molar-refractivity contribution >= 4 is 0 Å². The van der Waals surface area contributed by atoms with Crippen LogP contribution in [0, 0.1) is 11.3 Å². The maximum absolute atomic E-state index is 8.25. The minimum absolute atomic E-state index is 0.0321.